The van der Waals surface area contributed by atoms with E-state index in [1.54, 1.807) is 0 Å². The van der Waals surface area contributed by atoms with E-state index in [9.17, 15) is 0 Å². The zero-order chi connectivity index (χ0) is 11.0. The molecule has 92 valence electrons. The van der Waals surface area contributed by atoms with Crippen LogP contribution in [0.25, 0.3) is 0 Å². The van der Waals surface area contributed by atoms with Crippen LogP contribution in [0, 0.1) is 11.8 Å². The molecule has 2 nitrogen and oxygen atoms in total. The van der Waals surface area contributed by atoms with Crippen molar-refractivity contribution in [3.8, 4) is 0 Å². The smallest absolute Gasteiger partial charge is 0.0235 e. The van der Waals surface area contributed by atoms with E-state index >= 15 is 0 Å². The summed E-state index contributed by atoms with van der Waals surface area (Å²) in [6.45, 7) is 6.43. The Morgan fingerprint density at radius 1 is 1.06 bits per heavy atom. The Bertz CT molecular complexity index is 221. The average molecular weight is 222 g/mol. The Hall–Kier alpha value is -0.0800. The molecule has 0 radical (unpaired) electrons. The van der Waals surface area contributed by atoms with E-state index in [0.717, 1.165) is 23.9 Å². The largest absolute Gasteiger partial charge is 0.312 e. The Kier molecular flexibility index (Phi) is 3.21. The lowest BCUT2D eigenvalue weighted by molar-refractivity contribution is 0.183. The van der Waals surface area contributed by atoms with Crippen molar-refractivity contribution in [2.45, 2.75) is 57.5 Å². The Labute approximate surface area is 99.8 Å². The van der Waals surface area contributed by atoms with Crippen LogP contribution in [0.15, 0.2) is 0 Å². The maximum absolute atomic E-state index is 3.71. The van der Waals surface area contributed by atoms with Gasteiger partial charge in [0.15, 0.2) is 0 Å². The number of fused-ring (bicyclic) bond motifs is 1. The normalized spacial score (nSPS) is 38.8. The van der Waals surface area contributed by atoms with Gasteiger partial charge in [0.05, 0.1) is 0 Å². The second-order valence-corrected chi connectivity index (χ2v) is 6.20. The van der Waals surface area contributed by atoms with Gasteiger partial charge in [-0.1, -0.05) is 12.8 Å². The van der Waals surface area contributed by atoms with Gasteiger partial charge in [-0.05, 0) is 51.0 Å². The number of piperidine rings is 1. The minimum atomic E-state index is 0.817. The van der Waals surface area contributed by atoms with Gasteiger partial charge in [-0.15, -0.1) is 0 Å². The van der Waals surface area contributed by atoms with Gasteiger partial charge in [0.25, 0.3) is 0 Å². The summed E-state index contributed by atoms with van der Waals surface area (Å²) in [5.74, 6) is 1.96. The lowest BCUT2D eigenvalue weighted by Gasteiger charge is -2.29. The van der Waals surface area contributed by atoms with Gasteiger partial charge < -0.3 is 5.32 Å². The van der Waals surface area contributed by atoms with E-state index in [1.807, 2.05) is 0 Å². The third kappa shape index (κ3) is 2.02. The molecular weight excluding hydrogens is 196 g/mol. The fraction of sp³-hybridized carbons (Fsp3) is 1.00. The second kappa shape index (κ2) is 4.66. The third-order valence-corrected chi connectivity index (χ3v) is 5.29. The summed E-state index contributed by atoms with van der Waals surface area (Å²) in [5.41, 5.74) is 0. The molecule has 2 heterocycles. The summed E-state index contributed by atoms with van der Waals surface area (Å²) in [5, 5.41) is 3.71. The van der Waals surface area contributed by atoms with Crippen LogP contribution in [0.4, 0.5) is 0 Å². The first kappa shape index (κ1) is 11.0. The zero-order valence-electron chi connectivity index (χ0n) is 10.6. The Balaban J connectivity index is 1.59. The molecule has 1 aliphatic carbocycles. The van der Waals surface area contributed by atoms with Crippen LogP contribution < -0.4 is 5.32 Å². The van der Waals surface area contributed by atoms with Crippen LogP contribution in [0.2, 0.25) is 0 Å². The highest BCUT2D eigenvalue weighted by atomic mass is 15.2. The minimum Gasteiger partial charge on any atom is -0.312 e. The first-order valence-corrected chi connectivity index (χ1v) is 7.32. The molecule has 0 amide bonds. The molecule has 1 saturated carbocycles. The maximum Gasteiger partial charge on any atom is 0.0235 e. The molecule has 3 aliphatic rings. The highest BCUT2D eigenvalue weighted by Crippen LogP contribution is 2.34. The SMILES string of the molecule is CC(C1CCCC1)N1CC2CCCNC2C1. The Morgan fingerprint density at radius 2 is 1.88 bits per heavy atom. The molecular formula is C14H26N2. The number of nitrogens with zero attached hydrogens (tertiary/aromatic N) is 1. The van der Waals surface area contributed by atoms with Gasteiger partial charge in [0, 0.05) is 25.2 Å². The van der Waals surface area contributed by atoms with Crippen LogP contribution in [-0.4, -0.2) is 36.6 Å². The first-order chi connectivity index (χ1) is 7.84. The molecule has 2 heteroatoms. The van der Waals surface area contributed by atoms with Crippen LogP contribution >= 0.6 is 0 Å². The third-order valence-electron chi connectivity index (χ3n) is 5.29. The van der Waals surface area contributed by atoms with Gasteiger partial charge in [0.2, 0.25) is 0 Å². The molecule has 3 unspecified atom stereocenters. The predicted octanol–water partition coefficient (Wildman–Crippen LogP) is 2.25. The van der Waals surface area contributed by atoms with Crippen molar-refractivity contribution >= 4 is 0 Å². The number of nitrogens with one attached hydrogen (secondary N) is 1. The standard InChI is InChI=1S/C14H26N2/c1-11(12-5-2-3-6-12)16-9-13-7-4-8-15-14(13)10-16/h11-15H,2-10H2,1H3. The minimum absolute atomic E-state index is 0.817. The van der Waals surface area contributed by atoms with Crippen molar-refractivity contribution in [1.29, 1.82) is 0 Å². The van der Waals surface area contributed by atoms with E-state index in [2.05, 4.69) is 17.1 Å². The summed E-state index contributed by atoms with van der Waals surface area (Å²) in [7, 11) is 0. The van der Waals surface area contributed by atoms with Crippen LogP contribution in [0.1, 0.15) is 45.4 Å². The molecule has 0 aromatic carbocycles. The molecule has 2 aliphatic heterocycles. The number of rotatable bonds is 2. The molecule has 3 fully saturated rings. The zero-order valence-corrected chi connectivity index (χ0v) is 10.6. The van der Waals surface area contributed by atoms with Crippen molar-refractivity contribution in [1.82, 2.24) is 10.2 Å². The fourth-order valence-electron chi connectivity index (χ4n) is 4.15. The van der Waals surface area contributed by atoms with E-state index < -0.39 is 0 Å². The van der Waals surface area contributed by atoms with Gasteiger partial charge in [0.1, 0.15) is 0 Å². The van der Waals surface area contributed by atoms with Crippen molar-refractivity contribution < 1.29 is 0 Å². The summed E-state index contributed by atoms with van der Waals surface area (Å²) >= 11 is 0. The van der Waals surface area contributed by atoms with Crippen molar-refractivity contribution in [3.63, 3.8) is 0 Å². The van der Waals surface area contributed by atoms with Crippen molar-refractivity contribution in [3.05, 3.63) is 0 Å². The van der Waals surface area contributed by atoms with Crippen molar-refractivity contribution in [2.24, 2.45) is 11.8 Å². The van der Waals surface area contributed by atoms with E-state index in [1.165, 1.54) is 58.2 Å². The van der Waals surface area contributed by atoms with Gasteiger partial charge in [-0.3, -0.25) is 4.90 Å². The van der Waals surface area contributed by atoms with Crippen LogP contribution in [0.5, 0.6) is 0 Å². The predicted molar refractivity (Wildman–Crippen MR) is 67.5 cm³/mol. The molecule has 2 saturated heterocycles. The molecule has 0 bridgehead atoms. The highest BCUT2D eigenvalue weighted by Gasteiger charge is 2.38. The highest BCUT2D eigenvalue weighted by molar-refractivity contribution is 4.95. The van der Waals surface area contributed by atoms with Crippen LogP contribution in [-0.2, 0) is 0 Å². The second-order valence-electron chi connectivity index (χ2n) is 6.20. The number of hydrogen-bond acceptors (Lipinski definition) is 2. The summed E-state index contributed by atoms with van der Waals surface area (Å²) in [6.07, 6.45) is 8.79. The van der Waals surface area contributed by atoms with E-state index in [4.69, 9.17) is 0 Å². The lowest BCUT2D eigenvalue weighted by atomic mass is 9.94. The number of hydrogen-bond donors (Lipinski definition) is 1. The first-order valence-electron chi connectivity index (χ1n) is 7.32. The van der Waals surface area contributed by atoms with E-state index in [-0.39, 0.29) is 0 Å². The topological polar surface area (TPSA) is 15.3 Å². The van der Waals surface area contributed by atoms with Crippen LogP contribution in [0.3, 0.4) is 0 Å². The van der Waals surface area contributed by atoms with E-state index in [0.29, 0.717) is 0 Å². The molecule has 1 N–H and O–H groups in total. The quantitative estimate of drug-likeness (QED) is 0.771. The van der Waals surface area contributed by atoms with Crippen molar-refractivity contribution in [2.75, 3.05) is 19.6 Å². The lowest BCUT2D eigenvalue weighted by Crippen LogP contribution is -2.41. The molecule has 0 spiro atoms. The summed E-state index contributed by atoms with van der Waals surface area (Å²) < 4.78 is 0. The fourth-order valence-corrected chi connectivity index (χ4v) is 4.15. The maximum atomic E-state index is 3.71. The van der Waals surface area contributed by atoms with Gasteiger partial charge in [-0.2, -0.15) is 0 Å². The van der Waals surface area contributed by atoms with Gasteiger partial charge in [-0.25, -0.2) is 0 Å². The molecule has 3 rings (SSSR count). The molecule has 16 heavy (non-hydrogen) atoms. The monoisotopic (exact) mass is 222 g/mol. The molecule has 0 aromatic rings. The van der Waals surface area contributed by atoms with Gasteiger partial charge >= 0.3 is 0 Å². The molecule has 0 aromatic heterocycles. The molecule has 3 atom stereocenters. The Morgan fingerprint density at radius 3 is 2.62 bits per heavy atom. The summed E-state index contributed by atoms with van der Waals surface area (Å²) in [6, 6.07) is 1.66. The summed E-state index contributed by atoms with van der Waals surface area (Å²) in [4.78, 5) is 2.78. The number of likely N-dealkylation sites (tertiary alicyclic amines) is 1. The average Bonchev–Trinajstić information content (AvgIpc) is 2.97.